The molecular formula is C22H42N6O9. The number of carboxylic acid groups (broad SMARTS) is 3. The molecule has 1 saturated heterocycles. The van der Waals surface area contributed by atoms with Crippen LogP contribution in [0.15, 0.2) is 0 Å². The third kappa shape index (κ3) is 12.7. The van der Waals surface area contributed by atoms with E-state index in [2.05, 4.69) is 0 Å². The Morgan fingerprint density at radius 2 is 0.892 bits per heavy atom. The van der Waals surface area contributed by atoms with Crippen molar-refractivity contribution in [1.29, 1.82) is 0 Å². The zero-order valence-corrected chi connectivity index (χ0v) is 21.2. The standard InChI is InChI=1S/C22H42N6O9/c23-21(22(24,1-11-29)2-12-30)17(31)13-25-3-5-26(14-18(32)33)7-9-28(16-20(36)37)10-8-27(6-4-25)15-19(34)35/h21,29-30H,1-16,23-24H2,(H,32,33)(H,34,35)(H,36,37). The number of aliphatic hydroxyl groups excluding tert-OH is 2. The second-order valence-electron chi connectivity index (χ2n) is 9.41. The fraction of sp³-hybridized carbons (Fsp3) is 0.818. The summed E-state index contributed by atoms with van der Waals surface area (Å²) in [4.78, 5) is 53.8. The number of ketones is 1. The van der Waals surface area contributed by atoms with E-state index in [1.807, 2.05) is 0 Å². The van der Waals surface area contributed by atoms with E-state index < -0.39 is 35.3 Å². The van der Waals surface area contributed by atoms with Crippen LogP contribution in [-0.2, 0) is 19.2 Å². The first-order valence-electron chi connectivity index (χ1n) is 12.2. The van der Waals surface area contributed by atoms with Crippen LogP contribution in [0.1, 0.15) is 12.8 Å². The summed E-state index contributed by atoms with van der Waals surface area (Å²) >= 11 is 0. The number of nitrogens with two attached hydrogens (primary N) is 2. The molecule has 1 aliphatic heterocycles. The molecule has 0 aromatic carbocycles. The lowest BCUT2D eigenvalue weighted by Gasteiger charge is -2.36. The smallest absolute Gasteiger partial charge is 0.317 e. The molecular weight excluding hydrogens is 492 g/mol. The predicted octanol–water partition coefficient (Wildman–Crippen LogP) is -4.18. The number of hydrogen-bond acceptors (Lipinski definition) is 12. The number of carbonyl (C=O) groups is 4. The van der Waals surface area contributed by atoms with Crippen molar-refractivity contribution < 1.29 is 44.7 Å². The second kappa shape index (κ2) is 16.6. The summed E-state index contributed by atoms with van der Waals surface area (Å²) in [6.07, 6.45) is 0.0399. The lowest BCUT2D eigenvalue weighted by molar-refractivity contribution is -0.140. The average molecular weight is 535 g/mol. The lowest BCUT2D eigenvalue weighted by Crippen LogP contribution is -2.61. The molecule has 0 aromatic rings. The van der Waals surface area contributed by atoms with E-state index in [1.54, 1.807) is 19.6 Å². The zero-order valence-electron chi connectivity index (χ0n) is 21.2. The van der Waals surface area contributed by atoms with Crippen LogP contribution in [0.5, 0.6) is 0 Å². The number of hydrogen-bond donors (Lipinski definition) is 7. The Bertz CT molecular complexity index is 718. The van der Waals surface area contributed by atoms with E-state index in [0.717, 1.165) is 0 Å². The number of aliphatic hydroxyl groups is 2. The maximum Gasteiger partial charge on any atom is 0.317 e. The van der Waals surface area contributed by atoms with Crippen LogP contribution in [0, 0.1) is 0 Å². The highest BCUT2D eigenvalue weighted by atomic mass is 16.4. The number of Topliss-reactive ketones (excluding diaryl/α,β-unsaturated/α-hetero) is 1. The van der Waals surface area contributed by atoms with Gasteiger partial charge in [-0.1, -0.05) is 0 Å². The predicted molar refractivity (Wildman–Crippen MR) is 132 cm³/mol. The molecule has 0 amide bonds. The summed E-state index contributed by atoms with van der Waals surface area (Å²) in [7, 11) is 0. The van der Waals surface area contributed by atoms with Crippen molar-refractivity contribution in [2.24, 2.45) is 11.5 Å². The van der Waals surface area contributed by atoms with Gasteiger partial charge < -0.3 is 37.0 Å². The molecule has 0 saturated carbocycles. The molecule has 15 nitrogen and oxygen atoms in total. The van der Waals surface area contributed by atoms with Crippen molar-refractivity contribution in [2.75, 3.05) is 91.8 Å². The van der Waals surface area contributed by atoms with Gasteiger partial charge in [0.05, 0.1) is 32.2 Å². The van der Waals surface area contributed by atoms with Gasteiger partial charge in [-0.25, -0.2) is 0 Å². The van der Waals surface area contributed by atoms with Crippen LogP contribution in [0.4, 0.5) is 0 Å². The van der Waals surface area contributed by atoms with Crippen LogP contribution < -0.4 is 11.5 Å². The molecule has 0 bridgehead atoms. The van der Waals surface area contributed by atoms with Crippen LogP contribution in [0.25, 0.3) is 0 Å². The molecule has 1 unspecified atom stereocenters. The van der Waals surface area contributed by atoms with E-state index in [-0.39, 0.29) is 105 Å². The molecule has 1 fully saturated rings. The molecule has 0 aliphatic carbocycles. The van der Waals surface area contributed by atoms with Crippen molar-refractivity contribution in [2.45, 2.75) is 24.4 Å². The number of carbonyl (C=O) groups excluding carboxylic acids is 1. The van der Waals surface area contributed by atoms with E-state index >= 15 is 0 Å². The van der Waals surface area contributed by atoms with Gasteiger partial charge in [0.25, 0.3) is 0 Å². The number of aliphatic carboxylic acids is 3. The summed E-state index contributed by atoms with van der Waals surface area (Å²) < 4.78 is 0. The van der Waals surface area contributed by atoms with Crippen LogP contribution >= 0.6 is 0 Å². The first-order valence-corrected chi connectivity index (χ1v) is 12.2. The normalized spacial score (nSPS) is 19.0. The monoisotopic (exact) mass is 534 g/mol. The largest absolute Gasteiger partial charge is 0.480 e. The molecule has 9 N–H and O–H groups in total. The van der Waals surface area contributed by atoms with Gasteiger partial charge in [0, 0.05) is 71.1 Å². The molecule has 0 spiro atoms. The van der Waals surface area contributed by atoms with E-state index in [0.29, 0.717) is 0 Å². The van der Waals surface area contributed by atoms with Gasteiger partial charge >= 0.3 is 17.9 Å². The van der Waals surface area contributed by atoms with Crippen molar-refractivity contribution in [1.82, 2.24) is 19.6 Å². The number of carboxylic acids is 3. The Balaban J connectivity index is 3.08. The summed E-state index contributed by atoms with van der Waals surface area (Å²) in [5.41, 5.74) is 11.1. The molecule has 1 aliphatic rings. The van der Waals surface area contributed by atoms with Gasteiger partial charge in [0.2, 0.25) is 0 Å². The highest BCUT2D eigenvalue weighted by Crippen LogP contribution is 2.16. The SMILES string of the molecule is NC(C(=O)CN1CCN(CC(=O)O)CCN(CC(=O)O)CCN(CC(=O)O)CC1)C(N)(CCO)CCO. The Kier molecular flexibility index (Phi) is 14.7. The fourth-order valence-electron chi connectivity index (χ4n) is 4.28. The van der Waals surface area contributed by atoms with E-state index in [4.69, 9.17) is 11.5 Å². The number of nitrogens with zero attached hydrogens (tertiary/aromatic N) is 4. The van der Waals surface area contributed by atoms with Gasteiger partial charge in [-0.2, -0.15) is 0 Å². The summed E-state index contributed by atoms with van der Waals surface area (Å²) in [5.74, 6) is -3.55. The van der Waals surface area contributed by atoms with E-state index in [9.17, 15) is 44.7 Å². The lowest BCUT2D eigenvalue weighted by atomic mass is 9.83. The van der Waals surface area contributed by atoms with Gasteiger partial charge in [0.1, 0.15) is 0 Å². The molecule has 1 heterocycles. The van der Waals surface area contributed by atoms with Crippen molar-refractivity contribution in [3.05, 3.63) is 0 Å². The summed E-state index contributed by atoms with van der Waals surface area (Å²) in [5, 5.41) is 46.5. The summed E-state index contributed by atoms with van der Waals surface area (Å²) in [6, 6.07) is -1.16. The second-order valence-corrected chi connectivity index (χ2v) is 9.41. The molecule has 0 radical (unpaired) electrons. The Morgan fingerprint density at radius 1 is 0.622 bits per heavy atom. The third-order valence-electron chi connectivity index (χ3n) is 6.51. The van der Waals surface area contributed by atoms with Crippen LogP contribution in [0.3, 0.4) is 0 Å². The first-order chi connectivity index (χ1) is 17.4. The Hall–Kier alpha value is -2.24. The minimum absolute atomic E-state index is 0.0199. The molecule has 1 atom stereocenters. The number of rotatable bonds is 14. The highest BCUT2D eigenvalue weighted by Gasteiger charge is 2.36. The minimum Gasteiger partial charge on any atom is -0.480 e. The van der Waals surface area contributed by atoms with Crippen LogP contribution in [0.2, 0.25) is 0 Å². The zero-order chi connectivity index (χ0) is 28.0. The van der Waals surface area contributed by atoms with Gasteiger partial charge in [-0.05, 0) is 12.8 Å². The van der Waals surface area contributed by atoms with Crippen molar-refractivity contribution in [3.8, 4) is 0 Å². The molecule has 214 valence electrons. The maximum absolute atomic E-state index is 13.1. The minimum atomic E-state index is -1.30. The quantitative estimate of drug-likeness (QED) is 0.112. The fourth-order valence-corrected chi connectivity index (χ4v) is 4.28. The Morgan fingerprint density at radius 3 is 1.14 bits per heavy atom. The first kappa shape index (κ1) is 32.8. The van der Waals surface area contributed by atoms with Gasteiger partial charge in [0.15, 0.2) is 5.78 Å². The van der Waals surface area contributed by atoms with Gasteiger partial charge in [-0.3, -0.25) is 38.8 Å². The third-order valence-corrected chi connectivity index (χ3v) is 6.51. The highest BCUT2D eigenvalue weighted by molar-refractivity contribution is 5.87. The van der Waals surface area contributed by atoms with E-state index in [1.165, 1.54) is 0 Å². The molecule has 37 heavy (non-hydrogen) atoms. The molecule has 15 heteroatoms. The molecule has 1 rings (SSSR count). The van der Waals surface area contributed by atoms with Crippen LogP contribution in [-0.4, -0.2) is 172 Å². The average Bonchev–Trinajstić information content (AvgIpc) is 2.79. The van der Waals surface area contributed by atoms with Crippen molar-refractivity contribution >= 4 is 23.7 Å². The maximum atomic E-state index is 13.1. The molecule has 0 aromatic heterocycles. The Labute approximate surface area is 216 Å². The van der Waals surface area contributed by atoms with Gasteiger partial charge in [-0.15, -0.1) is 0 Å². The topological polar surface area (TPSA) is 234 Å². The van der Waals surface area contributed by atoms with Crippen molar-refractivity contribution in [3.63, 3.8) is 0 Å². The summed E-state index contributed by atoms with van der Waals surface area (Å²) in [6.45, 7) is 0.549.